The maximum atomic E-state index is 3.59. The molecular weight excluding hydrogens is 198 g/mol. The Hall–Kier alpha value is -0.120. The second-order valence-electron chi connectivity index (χ2n) is 5.33. The first-order valence-corrected chi connectivity index (χ1v) is 6.82. The summed E-state index contributed by atoms with van der Waals surface area (Å²) in [5.41, 5.74) is 0. The Morgan fingerprint density at radius 1 is 1.31 bits per heavy atom. The van der Waals surface area contributed by atoms with Gasteiger partial charge in [0.05, 0.1) is 0 Å². The van der Waals surface area contributed by atoms with Gasteiger partial charge >= 0.3 is 0 Å². The Morgan fingerprint density at radius 3 is 2.62 bits per heavy atom. The highest BCUT2D eigenvalue weighted by molar-refractivity contribution is 4.70. The third kappa shape index (κ3) is 5.83. The molecule has 1 heterocycles. The van der Waals surface area contributed by atoms with Gasteiger partial charge in [-0.05, 0) is 78.8 Å². The Bertz CT molecular complexity index is 165. The first kappa shape index (κ1) is 13.9. The Kier molecular flexibility index (Phi) is 7.01. The molecule has 1 rings (SSSR count). The molecule has 1 aliphatic heterocycles. The van der Waals surface area contributed by atoms with Crippen LogP contribution in [0.3, 0.4) is 0 Å². The van der Waals surface area contributed by atoms with Crippen LogP contribution >= 0.6 is 0 Å². The van der Waals surface area contributed by atoms with Crippen molar-refractivity contribution in [3.05, 3.63) is 0 Å². The Morgan fingerprint density at radius 2 is 2.00 bits per heavy atom. The van der Waals surface area contributed by atoms with Crippen LogP contribution in [0, 0.1) is 5.92 Å². The normalized spacial score (nSPS) is 18.6. The van der Waals surface area contributed by atoms with Crippen molar-refractivity contribution in [1.82, 2.24) is 15.5 Å². The van der Waals surface area contributed by atoms with E-state index in [4.69, 9.17) is 0 Å². The van der Waals surface area contributed by atoms with Crippen molar-refractivity contribution in [2.75, 3.05) is 39.8 Å². The lowest BCUT2D eigenvalue weighted by Gasteiger charge is -2.24. The predicted molar refractivity (Wildman–Crippen MR) is 70.8 cm³/mol. The molecule has 0 aliphatic carbocycles. The third-order valence-electron chi connectivity index (χ3n) is 3.64. The SMILES string of the molecule is CC(C)N(C)CCCNCC1CCNCC1. The van der Waals surface area contributed by atoms with Crippen LogP contribution in [0.5, 0.6) is 0 Å². The van der Waals surface area contributed by atoms with Crippen LogP contribution in [0.15, 0.2) is 0 Å². The van der Waals surface area contributed by atoms with Gasteiger partial charge < -0.3 is 15.5 Å². The highest BCUT2D eigenvalue weighted by Gasteiger charge is 2.11. The minimum Gasteiger partial charge on any atom is -0.317 e. The fourth-order valence-electron chi connectivity index (χ4n) is 2.10. The summed E-state index contributed by atoms with van der Waals surface area (Å²) < 4.78 is 0. The van der Waals surface area contributed by atoms with Crippen molar-refractivity contribution in [3.8, 4) is 0 Å². The number of hydrogen-bond acceptors (Lipinski definition) is 3. The van der Waals surface area contributed by atoms with E-state index in [1.165, 1.54) is 52.0 Å². The van der Waals surface area contributed by atoms with E-state index in [9.17, 15) is 0 Å². The molecule has 0 saturated carbocycles. The molecule has 0 unspecified atom stereocenters. The smallest absolute Gasteiger partial charge is 0.00355 e. The highest BCUT2D eigenvalue weighted by Crippen LogP contribution is 2.09. The number of nitrogens with one attached hydrogen (secondary N) is 2. The van der Waals surface area contributed by atoms with Gasteiger partial charge in [-0.1, -0.05) is 0 Å². The molecule has 0 bridgehead atoms. The van der Waals surface area contributed by atoms with Gasteiger partial charge in [0.1, 0.15) is 0 Å². The maximum absolute atomic E-state index is 3.59. The molecule has 1 saturated heterocycles. The van der Waals surface area contributed by atoms with E-state index in [0.29, 0.717) is 6.04 Å². The monoisotopic (exact) mass is 227 g/mol. The summed E-state index contributed by atoms with van der Waals surface area (Å²) in [7, 11) is 2.21. The summed E-state index contributed by atoms with van der Waals surface area (Å²) in [6, 6.07) is 0.671. The minimum atomic E-state index is 0.671. The Labute approximate surface area is 101 Å². The zero-order chi connectivity index (χ0) is 11.8. The summed E-state index contributed by atoms with van der Waals surface area (Å²) in [6.45, 7) is 10.5. The van der Waals surface area contributed by atoms with Crippen molar-refractivity contribution in [1.29, 1.82) is 0 Å². The Balaban J connectivity index is 1.91. The van der Waals surface area contributed by atoms with E-state index in [0.717, 1.165) is 5.92 Å². The zero-order valence-corrected chi connectivity index (χ0v) is 11.3. The van der Waals surface area contributed by atoms with Crippen molar-refractivity contribution < 1.29 is 0 Å². The van der Waals surface area contributed by atoms with Crippen molar-refractivity contribution >= 4 is 0 Å². The molecule has 0 aromatic rings. The van der Waals surface area contributed by atoms with Crippen LogP contribution in [0.1, 0.15) is 33.1 Å². The number of hydrogen-bond donors (Lipinski definition) is 2. The molecular formula is C13H29N3. The maximum Gasteiger partial charge on any atom is 0.00355 e. The first-order valence-electron chi connectivity index (χ1n) is 6.82. The molecule has 0 aromatic carbocycles. The quantitative estimate of drug-likeness (QED) is 0.642. The van der Waals surface area contributed by atoms with E-state index < -0.39 is 0 Å². The summed E-state index contributed by atoms with van der Waals surface area (Å²) in [5, 5.41) is 7.00. The molecule has 0 aromatic heterocycles. The fourth-order valence-corrected chi connectivity index (χ4v) is 2.10. The molecule has 1 fully saturated rings. The largest absolute Gasteiger partial charge is 0.317 e. The molecule has 3 nitrogen and oxygen atoms in total. The van der Waals surface area contributed by atoms with E-state index >= 15 is 0 Å². The molecule has 0 spiro atoms. The van der Waals surface area contributed by atoms with Crippen molar-refractivity contribution in [3.63, 3.8) is 0 Å². The number of rotatable bonds is 7. The molecule has 16 heavy (non-hydrogen) atoms. The molecule has 96 valence electrons. The minimum absolute atomic E-state index is 0.671. The molecule has 1 aliphatic rings. The van der Waals surface area contributed by atoms with E-state index in [1.54, 1.807) is 0 Å². The van der Waals surface area contributed by atoms with Gasteiger partial charge in [-0.15, -0.1) is 0 Å². The average Bonchev–Trinajstić information content (AvgIpc) is 2.29. The van der Waals surface area contributed by atoms with Gasteiger partial charge in [0.2, 0.25) is 0 Å². The zero-order valence-electron chi connectivity index (χ0n) is 11.3. The van der Waals surface area contributed by atoms with Gasteiger partial charge in [0, 0.05) is 6.04 Å². The van der Waals surface area contributed by atoms with Crippen LogP contribution in [0.4, 0.5) is 0 Å². The lowest BCUT2D eigenvalue weighted by Crippen LogP contribution is -2.35. The summed E-state index contributed by atoms with van der Waals surface area (Å²) >= 11 is 0. The molecule has 0 radical (unpaired) electrons. The number of piperidine rings is 1. The van der Waals surface area contributed by atoms with Crippen molar-refractivity contribution in [2.45, 2.75) is 39.2 Å². The van der Waals surface area contributed by atoms with Crippen LogP contribution in [-0.4, -0.2) is 50.7 Å². The van der Waals surface area contributed by atoms with Gasteiger partial charge in [-0.25, -0.2) is 0 Å². The second-order valence-corrected chi connectivity index (χ2v) is 5.33. The summed E-state index contributed by atoms with van der Waals surface area (Å²) in [5.74, 6) is 0.907. The van der Waals surface area contributed by atoms with Gasteiger partial charge in [-0.2, -0.15) is 0 Å². The van der Waals surface area contributed by atoms with Gasteiger partial charge in [-0.3, -0.25) is 0 Å². The molecule has 0 atom stereocenters. The van der Waals surface area contributed by atoms with Crippen LogP contribution in [0.25, 0.3) is 0 Å². The molecule has 3 heteroatoms. The average molecular weight is 227 g/mol. The topological polar surface area (TPSA) is 27.3 Å². The van der Waals surface area contributed by atoms with Gasteiger partial charge in [0.25, 0.3) is 0 Å². The second kappa shape index (κ2) is 8.04. The van der Waals surface area contributed by atoms with Gasteiger partial charge in [0.15, 0.2) is 0 Å². The van der Waals surface area contributed by atoms with Crippen molar-refractivity contribution in [2.24, 2.45) is 5.92 Å². The molecule has 0 amide bonds. The fraction of sp³-hybridized carbons (Fsp3) is 1.00. The number of nitrogens with zero attached hydrogens (tertiary/aromatic N) is 1. The molecule has 2 N–H and O–H groups in total. The highest BCUT2D eigenvalue weighted by atomic mass is 15.1. The standard InChI is InChI=1S/C13H29N3/c1-12(2)16(3)10-4-7-15-11-13-5-8-14-9-6-13/h12-15H,4-11H2,1-3H3. The predicted octanol–water partition coefficient (Wildman–Crippen LogP) is 1.31. The first-order chi connectivity index (χ1) is 7.70. The van der Waals surface area contributed by atoms with Crippen LogP contribution < -0.4 is 10.6 Å². The van der Waals surface area contributed by atoms with Crippen LogP contribution in [-0.2, 0) is 0 Å². The van der Waals surface area contributed by atoms with E-state index in [1.807, 2.05) is 0 Å². The lowest BCUT2D eigenvalue weighted by molar-refractivity contribution is 0.267. The lowest BCUT2D eigenvalue weighted by atomic mass is 9.98. The van der Waals surface area contributed by atoms with E-state index in [-0.39, 0.29) is 0 Å². The van der Waals surface area contributed by atoms with Crippen LogP contribution in [0.2, 0.25) is 0 Å². The summed E-state index contributed by atoms with van der Waals surface area (Å²) in [6.07, 6.45) is 3.96. The van der Waals surface area contributed by atoms with E-state index in [2.05, 4.69) is 36.4 Å². The summed E-state index contributed by atoms with van der Waals surface area (Å²) in [4.78, 5) is 2.41. The third-order valence-corrected chi connectivity index (χ3v) is 3.64.